The molecule has 31 heavy (non-hydrogen) atoms. The standard InChI is InChI=1S/C23H26N6O2/c1-16-5-7-19(8-6-16)18(3)28-31-22-17(2)21(26-15-27-22)30-20-9-13-29(14-10-20)23-24-11-4-12-25-23/h4-8,11-12,15,20H,9-10,13-14H2,1-3H3. The molecule has 8 nitrogen and oxygen atoms in total. The smallest absolute Gasteiger partial charge is 0.258 e. The molecule has 2 aromatic heterocycles. The van der Waals surface area contributed by atoms with Gasteiger partial charge in [0.05, 0.1) is 11.3 Å². The van der Waals surface area contributed by atoms with Crippen LogP contribution in [0.4, 0.5) is 5.95 Å². The Morgan fingerprint density at radius 1 is 0.968 bits per heavy atom. The van der Waals surface area contributed by atoms with Crippen LogP contribution in [0, 0.1) is 13.8 Å². The van der Waals surface area contributed by atoms with Crippen LogP contribution in [0.25, 0.3) is 0 Å². The molecule has 4 rings (SSSR count). The molecule has 0 N–H and O–H groups in total. The van der Waals surface area contributed by atoms with Gasteiger partial charge in [0.25, 0.3) is 5.88 Å². The van der Waals surface area contributed by atoms with Gasteiger partial charge in [-0.3, -0.25) is 0 Å². The summed E-state index contributed by atoms with van der Waals surface area (Å²) in [6, 6.07) is 9.96. The molecule has 160 valence electrons. The van der Waals surface area contributed by atoms with Crippen molar-refractivity contribution in [2.24, 2.45) is 5.16 Å². The Morgan fingerprint density at radius 3 is 2.35 bits per heavy atom. The molecule has 0 unspecified atom stereocenters. The van der Waals surface area contributed by atoms with Crippen molar-refractivity contribution in [1.82, 2.24) is 19.9 Å². The van der Waals surface area contributed by atoms with Crippen molar-refractivity contribution >= 4 is 11.7 Å². The number of aryl methyl sites for hydroxylation is 1. The van der Waals surface area contributed by atoms with E-state index in [4.69, 9.17) is 9.57 Å². The number of hydrogen-bond donors (Lipinski definition) is 0. The Labute approximate surface area is 182 Å². The van der Waals surface area contributed by atoms with Crippen LogP contribution < -0.4 is 14.5 Å². The van der Waals surface area contributed by atoms with Gasteiger partial charge >= 0.3 is 0 Å². The third kappa shape index (κ3) is 5.14. The van der Waals surface area contributed by atoms with Gasteiger partial charge in [0.15, 0.2) is 0 Å². The van der Waals surface area contributed by atoms with Crippen LogP contribution >= 0.6 is 0 Å². The molecule has 0 bridgehead atoms. The van der Waals surface area contributed by atoms with Crippen LogP contribution in [-0.4, -0.2) is 44.8 Å². The maximum absolute atomic E-state index is 6.17. The fourth-order valence-electron chi connectivity index (χ4n) is 3.37. The third-order valence-corrected chi connectivity index (χ3v) is 5.29. The Kier molecular flexibility index (Phi) is 6.35. The molecule has 0 amide bonds. The summed E-state index contributed by atoms with van der Waals surface area (Å²) in [6.07, 6.45) is 6.77. The quantitative estimate of drug-likeness (QED) is 0.445. The second-order valence-corrected chi connectivity index (χ2v) is 7.60. The van der Waals surface area contributed by atoms with Crippen molar-refractivity contribution in [1.29, 1.82) is 0 Å². The third-order valence-electron chi connectivity index (χ3n) is 5.29. The van der Waals surface area contributed by atoms with Crippen LogP contribution in [0.15, 0.2) is 54.2 Å². The van der Waals surface area contributed by atoms with Crippen molar-refractivity contribution in [2.75, 3.05) is 18.0 Å². The predicted octanol–water partition coefficient (Wildman–Crippen LogP) is 3.73. The summed E-state index contributed by atoms with van der Waals surface area (Å²) in [5, 5.41) is 4.24. The van der Waals surface area contributed by atoms with Gasteiger partial charge < -0.3 is 14.5 Å². The number of benzene rings is 1. The van der Waals surface area contributed by atoms with Crippen molar-refractivity contribution in [3.8, 4) is 11.8 Å². The van der Waals surface area contributed by atoms with E-state index in [0.29, 0.717) is 11.8 Å². The number of oxime groups is 1. The lowest BCUT2D eigenvalue weighted by Gasteiger charge is -2.32. The molecule has 0 atom stereocenters. The molecule has 3 aromatic rings. The lowest BCUT2D eigenvalue weighted by Crippen LogP contribution is -2.39. The molecule has 1 aliphatic rings. The van der Waals surface area contributed by atoms with Gasteiger partial charge in [-0.05, 0) is 32.4 Å². The summed E-state index contributed by atoms with van der Waals surface area (Å²) in [7, 11) is 0. The topological polar surface area (TPSA) is 85.6 Å². The molecular weight excluding hydrogens is 392 g/mol. The van der Waals surface area contributed by atoms with Crippen molar-refractivity contribution in [2.45, 2.75) is 39.7 Å². The first-order valence-corrected chi connectivity index (χ1v) is 10.4. The number of rotatable bonds is 6. The minimum atomic E-state index is 0.0687. The average Bonchev–Trinajstić information content (AvgIpc) is 2.81. The normalized spacial score (nSPS) is 15.1. The highest BCUT2D eigenvalue weighted by atomic mass is 16.6. The Morgan fingerprint density at radius 2 is 1.65 bits per heavy atom. The van der Waals surface area contributed by atoms with Crippen LogP contribution in [0.2, 0.25) is 0 Å². The Bertz CT molecular complexity index is 1030. The fourth-order valence-corrected chi connectivity index (χ4v) is 3.37. The number of nitrogens with zero attached hydrogens (tertiary/aromatic N) is 6. The molecule has 1 fully saturated rings. The zero-order chi connectivity index (χ0) is 21.6. The molecule has 0 saturated carbocycles. The number of piperidine rings is 1. The van der Waals surface area contributed by atoms with E-state index in [0.717, 1.165) is 48.7 Å². The predicted molar refractivity (Wildman–Crippen MR) is 119 cm³/mol. The van der Waals surface area contributed by atoms with Crippen LogP contribution in [-0.2, 0) is 0 Å². The van der Waals surface area contributed by atoms with E-state index in [1.807, 2.05) is 44.2 Å². The largest absolute Gasteiger partial charge is 0.474 e. The molecule has 1 aliphatic heterocycles. The van der Waals surface area contributed by atoms with Crippen molar-refractivity contribution < 1.29 is 9.57 Å². The van der Waals surface area contributed by atoms with Gasteiger partial charge in [0.1, 0.15) is 12.4 Å². The maximum atomic E-state index is 6.17. The summed E-state index contributed by atoms with van der Waals surface area (Å²) >= 11 is 0. The van der Waals surface area contributed by atoms with E-state index >= 15 is 0 Å². The first-order valence-electron chi connectivity index (χ1n) is 10.4. The highest BCUT2D eigenvalue weighted by Crippen LogP contribution is 2.26. The van der Waals surface area contributed by atoms with E-state index in [2.05, 4.69) is 36.9 Å². The molecule has 0 radical (unpaired) electrons. The van der Waals surface area contributed by atoms with E-state index in [9.17, 15) is 0 Å². The van der Waals surface area contributed by atoms with Crippen LogP contribution in [0.5, 0.6) is 11.8 Å². The fraction of sp³-hybridized carbons (Fsp3) is 0.348. The highest BCUT2D eigenvalue weighted by molar-refractivity contribution is 5.98. The second kappa shape index (κ2) is 9.51. The molecule has 1 aromatic carbocycles. The van der Waals surface area contributed by atoms with Gasteiger partial charge in [-0.2, -0.15) is 4.98 Å². The van der Waals surface area contributed by atoms with Crippen LogP contribution in [0.1, 0.15) is 36.5 Å². The van der Waals surface area contributed by atoms with Gasteiger partial charge in [-0.1, -0.05) is 35.0 Å². The molecule has 0 spiro atoms. The Hall–Kier alpha value is -3.55. The average molecular weight is 419 g/mol. The summed E-state index contributed by atoms with van der Waals surface area (Å²) in [5.74, 6) is 1.69. The van der Waals surface area contributed by atoms with Gasteiger partial charge in [0, 0.05) is 38.3 Å². The first kappa shape index (κ1) is 20.7. The van der Waals surface area contributed by atoms with Crippen LogP contribution in [0.3, 0.4) is 0 Å². The minimum Gasteiger partial charge on any atom is -0.474 e. The monoisotopic (exact) mass is 418 g/mol. The van der Waals surface area contributed by atoms with E-state index in [-0.39, 0.29) is 6.10 Å². The lowest BCUT2D eigenvalue weighted by atomic mass is 10.1. The number of ether oxygens (including phenoxy) is 1. The Balaban J connectivity index is 1.38. The molecule has 0 aliphatic carbocycles. The zero-order valence-corrected chi connectivity index (χ0v) is 18.0. The van der Waals surface area contributed by atoms with E-state index < -0.39 is 0 Å². The maximum Gasteiger partial charge on any atom is 0.258 e. The number of hydrogen-bond acceptors (Lipinski definition) is 8. The van der Waals surface area contributed by atoms with Crippen molar-refractivity contribution in [3.63, 3.8) is 0 Å². The van der Waals surface area contributed by atoms with Gasteiger partial charge in [0.2, 0.25) is 11.8 Å². The minimum absolute atomic E-state index is 0.0687. The lowest BCUT2D eigenvalue weighted by molar-refractivity contribution is 0.160. The number of anilines is 1. The number of aromatic nitrogens is 4. The molecular formula is C23H26N6O2. The summed E-state index contributed by atoms with van der Waals surface area (Å²) in [4.78, 5) is 25.0. The second-order valence-electron chi connectivity index (χ2n) is 7.60. The summed E-state index contributed by atoms with van der Waals surface area (Å²) in [5.41, 5.74) is 3.71. The summed E-state index contributed by atoms with van der Waals surface area (Å²) in [6.45, 7) is 7.51. The van der Waals surface area contributed by atoms with Crippen molar-refractivity contribution in [3.05, 3.63) is 65.7 Å². The first-order chi connectivity index (χ1) is 15.1. The highest BCUT2D eigenvalue weighted by Gasteiger charge is 2.23. The molecule has 3 heterocycles. The zero-order valence-electron chi connectivity index (χ0n) is 18.0. The molecule has 8 heteroatoms. The summed E-state index contributed by atoms with van der Waals surface area (Å²) < 4.78 is 6.17. The SMILES string of the molecule is CC(=NOc1ncnc(OC2CCN(c3ncccn3)CC2)c1C)c1ccc(C)cc1. The van der Waals surface area contributed by atoms with E-state index in [1.165, 1.54) is 11.9 Å². The molecule has 1 saturated heterocycles. The van der Waals surface area contributed by atoms with Gasteiger partial charge in [-0.25, -0.2) is 15.0 Å². The van der Waals surface area contributed by atoms with E-state index in [1.54, 1.807) is 12.4 Å². The van der Waals surface area contributed by atoms with Gasteiger partial charge in [-0.15, -0.1) is 0 Å².